The maximum Gasteiger partial charge on any atom is 0.268 e. The molecule has 0 spiro atoms. The lowest BCUT2D eigenvalue weighted by molar-refractivity contribution is -0.578. The van der Waals surface area contributed by atoms with Gasteiger partial charge in [-0.1, -0.05) is 36.4 Å². The number of carbonyl (C=O) groups is 1. The first kappa shape index (κ1) is 23.8. The van der Waals surface area contributed by atoms with E-state index in [0.717, 1.165) is 19.6 Å². The Morgan fingerprint density at radius 1 is 0.861 bits per heavy atom. The molecule has 3 aromatic carbocycles. The van der Waals surface area contributed by atoms with Crippen LogP contribution in [0.2, 0.25) is 0 Å². The average Bonchev–Trinajstić information content (AvgIpc) is 2.89. The van der Waals surface area contributed by atoms with Gasteiger partial charge in [0, 0.05) is 55.4 Å². The first-order valence-electron chi connectivity index (χ1n) is 11.7. The number of pyridine rings is 1. The lowest BCUT2D eigenvalue weighted by Gasteiger charge is -2.34. The fourth-order valence-corrected chi connectivity index (χ4v) is 5.73. The Kier molecular flexibility index (Phi) is 6.58. The summed E-state index contributed by atoms with van der Waals surface area (Å²) in [4.78, 5) is 17.0. The van der Waals surface area contributed by atoms with Gasteiger partial charge in [0.15, 0.2) is 11.1 Å². The molecule has 9 heteroatoms. The highest BCUT2D eigenvalue weighted by molar-refractivity contribution is 7.93. The van der Waals surface area contributed by atoms with Crippen molar-refractivity contribution < 1.29 is 17.9 Å². The zero-order valence-corrected chi connectivity index (χ0v) is 20.4. The predicted molar refractivity (Wildman–Crippen MR) is 138 cm³/mol. The number of carbonyl (C=O) groups excluding carboxylic acids is 1. The number of nitrogens with zero attached hydrogens (tertiary/aromatic N) is 3. The Bertz CT molecular complexity index is 1480. The molecule has 0 bridgehead atoms. The Balaban J connectivity index is 1.24. The molecule has 0 aliphatic carbocycles. The smallest absolute Gasteiger partial charge is 0.268 e. The number of aromatic nitrogens is 1. The summed E-state index contributed by atoms with van der Waals surface area (Å²) in [6.07, 6.45) is 1.27. The highest BCUT2D eigenvalue weighted by atomic mass is 32.2. The van der Waals surface area contributed by atoms with E-state index in [0.29, 0.717) is 34.5 Å². The molecule has 1 N–H and O–H groups in total. The van der Waals surface area contributed by atoms with Crippen molar-refractivity contribution >= 4 is 32.5 Å². The highest BCUT2D eigenvalue weighted by Crippen LogP contribution is 2.23. The fraction of sp³-hybridized carbons (Fsp3) is 0.185. The molecule has 0 saturated carbocycles. The van der Waals surface area contributed by atoms with Crippen LogP contribution in [-0.2, 0) is 16.6 Å². The van der Waals surface area contributed by atoms with Gasteiger partial charge in [-0.3, -0.25) is 14.4 Å². The van der Waals surface area contributed by atoms with Crippen molar-refractivity contribution in [3.8, 4) is 0 Å². The summed E-state index contributed by atoms with van der Waals surface area (Å²) in [7, 11) is -4.02. The van der Waals surface area contributed by atoms with Crippen molar-refractivity contribution in [2.24, 2.45) is 0 Å². The van der Waals surface area contributed by atoms with Gasteiger partial charge in [0.05, 0.1) is 0 Å². The van der Waals surface area contributed by atoms with Crippen molar-refractivity contribution in [2.45, 2.75) is 11.4 Å². The van der Waals surface area contributed by atoms with Gasteiger partial charge in [0.25, 0.3) is 15.9 Å². The van der Waals surface area contributed by atoms with Crippen LogP contribution in [0.4, 0.5) is 5.69 Å². The van der Waals surface area contributed by atoms with Gasteiger partial charge in [-0.15, -0.1) is 0 Å². The summed E-state index contributed by atoms with van der Waals surface area (Å²) < 4.78 is 29.2. The van der Waals surface area contributed by atoms with E-state index >= 15 is 0 Å². The molecule has 0 radical (unpaired) electrons. The van der Waals surface area contributed by atoms with Gasteiger partial charge >= 0.3 is 0 Å². The minimum Gasteiger partial charge on any atom is -0.618 e. The van der Waals surface area contributed by atoms with Crippen molar-refractivity contribution in [1.82, 2.24) is 9.80 Å². The van der Waals surface area contributed by atoms with Crippen LogP contribution in [-0.4, -0.2) is 50.3 Å². The third-order valence-electron chi connectivity index (χ3n) is 6.33. The summed E-state index contributed by atoms with van der Waals surface area (Å²) in [6, 6.07) is 24.6. The van der Waals surface area contributed by atoms with E-state index < -0.39 is 10.0 Å². The number of anilines is 1. The van der Waals surface area contributed by atoms with Crippen LogP contribution in [0.25, 0.3) is 10.9 Å². The Morgan fingerprint density at radius 2 is 1.56 bits per heavy atom. The van der Waals surface area contributed by atoms with Gasteiger partial charge in [0.2, 0.25) is 5.52 Å². The van der Waals surface area contributed by atoms with E-state index in [1.165, 1.54) is 17.8 Å². The number of fused-ring (bicyclic) bond motifs is 1. The van der Waals surface area contributed by atoms with Crippen LogP contribution >= 0.6 is 0 Å². The molecule has 184 valence electrons. The van der Waals surface area contributed by atoms with Crippen molar-refractivity contribution in [1.29, 1.82) is 0 Å². The van der Waals surface area contributed by atoms with Gasteiger partial charge in [0.1, 0.15) is 0 Å². The third kappa shape index (κ3) is 5.02. The molecule has 0 unspecified atom stereocenters. The monoisotopic (exact) mass is 502 g/mol. The number of amides is 1. The molecule has 2 heterocycles. The molecule has 36 heavy (non-hydrogen) atoms. The van der Waals surface area contributed by atoms with Crippen LogP contribution < -0.4 is 9.45 Å². The predicted octanol–water partition coefficient (Wildman–Crippen LogP) is 3.23. The second-order valence-corrected chi connectivity index (χ2v) is 10.4. The van der Waals surface area contributed by atoms with Gasteiger partial charge < -0.3 is 10.1 Å². The zero-order valence-electron chi connectivity index (χ0n) is 19.6. The lowest BCUT2D eigenvalue weighted by atomic mass is 10.1. The molecule has 5 rings (SSSR count). The zero-order chi connectivity index (χ0) is 25.1. The number of piperazine rings is 1. The number of hydrogen-bond acceptors (Lipinski definition) is 5. The molecule has 1 fully saturated rings. The van der Waals surface area contributed by atoms with Crippen LogP contribution in [0.5, 0.6) is 0 Å². The number of benzene rings is 3. The number of rotatable bonds is 6. The van der Waals surface area contributed by atoms with Crippen LogP contribution in [0.15, 0.2) is 96.0 Å². The maximum atomic E-state index is 13.1. The van der Waals surface area contributed by atoms with E-state index in [9.17, 15) is 18.4 Å². The first-order valence-corrected chi connectivity index (χ1v) is 13.2. The number of para-hydroxylation sites is 1. The fourth-order valence-electron chi connectivity index (χ4n) is 4.45. The van der Waals surface area contributed by atoms with E-state index in [1.54, 1.807) is 48.5 Å². The molecule has 0 atom stereocenters. The number of hydrogen-bond donors (Lipinski definition) is 1. The molecular weight excluding hydrogens is 476 g/mol. The molecule has 1 aliphatic heterocycles. The quantitative estimate of drug-likeness (QED) is 0.323. The molecule has 1 aromatic heterocycles. The van der Waals surface area contributed by atoms with Crippen molar-refractivity contribution in [2.75, 3.05) is 30.9 Å². The topological polar surface area (TPSA) is 96.7 Å². The first-order chi connectivity index (χ1) is 17.4. The molecule has 1 saturated heterocycles. The Hall–Kier alpha value is -3.95. The highest BCUT2D eigenvalue weighted by Gasteiger charge is 2.24. The molecule has 4 aromatic rings. The van der Waals surface area contributed by atoms with Gasteiger partial charge in [-0.2, -0.15) is 4.73 Å². The standard InChI is InChI=1S/C27H26N4O4S/c32-27(30-18-16-29(17-19-30)20-21-6-2-1-3-7-21)23-11-13-24(14-12-23)28-36(34,35)25-10-4-8-22-9-5-15-31(33)26(22)25/h1-15,28H,16-20H2. The van der Waals surface area contributed by atoms with Gasteiger partial charge in [-0.05, 0) is 48.0 Å². The van der Waals surface area contributed by atoms with Crippen LogP contribution in [0.3, 0.4) is 0 Å². The SMILES string of the molecule is O=C(c1ccc(NS(=O)(=O)c2cccc3ccc[n+]([O-])c23)cc1)N1CCN(Cc2ccccc2)CC1. The number of sulfonamides is 1. The molecule has 1 aliphatic rings. The summed E-state index contributed by atoms with van der Waals surface area (Å²) in [6.45, 7) is 3.72. The lowest BCUT2D eigenvalue weighted by Crippen LogP contribution is -2.48. The summed E-state index contributed by atoms with van der Waals surface area (Å²) in [5.41, 5.74) is 2.14. The molecule has 1 amide bonds. The Morgan fingerprint density at radius 3 is 2.28 bits per heavy atom. The third-order valence-corrected chi connectivity index (χ3v) is 7.74. The second-order valence-electron chi connectivity index (χ2n) is 8.76. The van der Waals surface area contributed by atoms with E-state index in [4.69, 9.17) is 0 Å². The normalized spacial score (nSPS) is 14.6. The van der Waals surface area contributed by atoms with Crippen LogP contribution in [0, 0.1) is 5.21 Å². The van der Waals surface area contributed by atoms with E-state index in [2.05, 4.69) is 21.8 Å². The average molecular weight is 503 g/mol. The minimum atomic E-state index is -4.02. The van der Waals surface area contributed by atoms with Crippen molar-refractivity contribution in [3.05, 3.63) is 107 Å². The van der Waals surface area contributed by atoms with E-state index in [1.807, 2.05) is 23.1 Å². The second kappa shape index (κ2) is 9.96. The summed E-state index contributed by atoms with van der Waals surface area (Å²) in [5.74, 6) is -0.0785. The summed E-state index contributed by atoms with van der Waals surface area (Å²) in [5, 5.41) is 12.8. The summed E-state index contributed by atoms with van der Waals surface area (Å²) >= 11 is 0. The molecule has 8 nitrogen and oxygen atoms in total. The molecular formula is C27H26N4O4S. The largest absolute Gasteiger partial charge is 0.618 e. The van der Waals surface area contributed by atoms with Crippen molar-refractivity contribution in [3.63, 3.8) is 0 Å². The van der Waals surface area contributed by atoms with Crippen LogP contribution in [0.1, 0.15) is 15.9 Å². The van der Waals surface area contributed by atoms with Gasteiger partial charge in [-0.25, -0.2) is 8.42 Å². The van der Waals surface area contributed by atoms with E-state index in [-0.39, 0.29) is 16.3 Å². The minimum absolute atomic E-state index is 0.0747. The number of nitrogens with one attached hydrogen (secondary N) is 1. The maximum absolute atomic E-state index is 13.1. The Labute approximate surface area is 210 Å².